The molecule has 6 aromatic rings. The third kappa shape index (κ3) is 3.28. The molecule has 0 fully saturated rings. The van der Waals surface area contributed by atoms with Gasteiger partial charge >= 0.3 is 12.0 Å². The van der Waals surface area contributed by atoms with Crippen molar-refractivity contribution in [1.82, 2.24) is 40.4 Å². The zero-order valence-electron chi connectivity index (χ0n) is 18.3. The first-order chi connectivity index (χ1) is 16.7. The van der Waals surface area contributed by atoms with Gasteiger partial charge in [0.05, 0.1) is 0 Å². The summed E-state index contributed by atoms with van der Waals surface area (Å²) in [7, 11) is 3.45. The fraction of sp³-hybridized carbons (Fsp3) is 0.0833. The first kappa shape index (κ1) is 19.8. The lowest BCUT2D eigenvalue weighted by molar-refractivity contribution is 0.411. The lowest BCUT2D eigenvalue weighted by Crippen LogP contribution is -2.00. The number of hydrogen-bond donors (Lipinski definition) is 0. The maximum Gasteiger partial charge on any atom is 0.340 e. The largest absolute Gasteiger partial charge is 0.423 e. The summed E-state index contributed by atoms with van der Waals surface area (Å²) >= 11 is 0. The molecule has 0 N–H and O–H groups in total. The van der Waals surface area contributed by atoms with Crippen molar-refractivity contribution < 1.29 is 9.47 Å². The van der Waals surface area contributed by atoms with Gasteiger partial charge in [0, 0.05) is 25.2 Å². The zero-order valence-corrected chi connectivity index (χ0v) is 18.3. The van der Waals surface area contributed by atoms with Gasteiger partial charge in [0.1, 0.15) is 11.5 Å². The molecule has 0 radical (unpaired) electrons. The molecule has 0 bridgehead atoms. The van der Waals surface area contributed by atoms with Gasteiger partial charge in [-0.05, 0) is 54.5 Å². The zero-order chi connectivity index (χ0) is 23.1. The summed E-state index contributed by atoms with van der Waals surface area (Å²) in [5.74, 6) is 1.18. The Balaban J connectivity index is 1.67. The van der Waals surface area contributed by atoms with Crippen LogP contribution < -0.4 is 9.47 Å². The van der Waals surface area contributed by atoms with Crippen LogP contribution in [0.5, 0.6) is 23.5 Å². The summed E-state index contributed by atoms with van der Waals surface area (Å²) in [5.41, 5.74) is 1.70. The van der Waals surface area contributed by atoms with Gasteiger partial charge in [-0.15, -0.1) is 0 Å². The minimum atomic E-state index is 0.275. The average molecular weight is 450 g/mol. The molecular formula is C24H18N8O2. The minimum absolute atomic E-state index is 0.275. The van der Waals surface area contributed by atoms with Gasteiger partial charge in [0.25, 0.3) is 0 Å². The molecule has 10 nitrogen and oxygen atoms in total. The lowest BCUT2D eigenvalue weighted by Gasteiger charge is -2.18. The number of benzene rings is 4. The Hall–Kier alpha value is -4.86. The number of rotatable bonds is 5. The van der Waals surface area contributed by atoms with E-state index in [1.54, 1.807) is 14.1 Å². The van der Waals surface area contributed by atoms with E-state index < -0.39 is 0 Å². The van der Waals surface area contributed by atoms with E-state index in [-0.39, 0.29) is 12.0 Å². The molecule has 0 saturated carbocycles. The van der Waals surface area contributed by atoms with Gasteiger partial charge in [-0.3, -0.25) is 0 Å². The third-order valence-corrected chi connectivity index (χ3v) is 5.60. The van der Waals surface area contributed by atoms with Crippen LogP contribution in [-0.2, 0) is 14.1 Å². The summed E-state index contributed by atoms with van der Waals surface area (Å²) in [6, 6.07) is 24.6. The van der Waals surface area contributed by atoms with Crippen LogP contribution in [0.1, 0.15) is 0 Å². The number of nitrogens with zero attached hydrogens (tertiary/aromatic N) is 8. The Kier molecular flexibility index (Phi) is 4.61. The topological polar surface area (TPSA) is 106 Å². The van der Waals surface area contributed by atoms with E-state index in [9.17, 15) is 0 Å². The van der Waals surface area contributed by atoms with Gasteiger partial charge in [-0.2, -0.15) is 9.36 Å². The van der Waals surface area contributed by atoms with Crippen molar-refractivity contribution in [1.29, 1.82) is 0 Å². The first-order valence-corrected chi connectivity index (χ1v) is 10.5. The molecule has 166 valence electrons. The molecule has 0 aliphatic rings. The van der Waals surface area contributed by atoms with E-state index in [1.165, 1.54) is 9.36 Å². The molecule has 4 aromatic carbocycles. The summed E-state index contributed by atoms with van der Waals surface area (Å²) in [5, 5.41) is 27.3. The summed E-state index contributed by atoms with van der Waals surface area (Å²) in [4.78, 5) is 0. The Labute approximate surface area is 193 Å². The number of fused-ring (bicyclic) bond motifs is 2. The van der Waals surface area contributed by atoms with E-state index in [4.69, 9.17) is 9.47 Å². The van der Waals surface area contributed by atoms with Crippen molar-refractivity contribution in [3.8, 4) is 34.6 Å². The van der Waals surface area contributed by atoms with Crippen LogP contribution in [0, 0.1) is 0 Å². The molecule has 34 heavy (non-hydrogen) atoms. The normalized spacial score (nSPS) is 11.2. The summed E-state index contributed by atoms with van der Waals surface area (Å²) in [6.45, 7) is 0. The van der Waals surface area contributed by atoms with E-state index in [2.05, 4.69) is 55.3 Å². The van der Waals surface area contributed by atoms with Crippen molar-refractivity contribution in [3.63, 3.8) is 0 Å². The minimum Gasteiger partial charge on any atom is -0.423 e. The number of ether oxygens (including phenoxy) is 2. The quantitative estimate of drug-likeness (QED) is 0.383. The monoisotopic (exact) mass is 450 g/mol. The smallest absolute Gasteiger partial charge is 0.340 e. The SMILES string of the molecule is Cn1nnnc1Oc1ccc2ccccc2c1-c1c(Oc2nnnn2C)ccc2ccccc12. The Morgan fingerprint density at radius 2 is 1.00 bits per heavy atom. The Bertz CT molecular complexity index is 1530. The molecule has 10 heteroatoms. The molecule has 0 saturated heterocycles. The van der Waals surface area contributed by atoms with Gasteiger partial charge in [-0.25, -0.2) is 0 Å². The van der Waals surface area contributed by atoms with Crippen molar-refractivity contribution in [2.45, 2.75) is 0 Å². The Morgan fingerprint density at radius 3 is 1.41 bits per heavy atom. The second-order valence-electron chi connectivity index (χ2n) is 7.69. The van der Waals surface area contributed by atoms with Gasteiger partial charge in [0.15, 0.2) is 0 Å². The van der Waals surface area contributed by atoms with Gasteiger partial charge < -0.3 is 9.47 Å². The predicted molar refractivity (Wildman–Crippen MR) is 125 cm³/mol. The second kappa shape index (κ2) is 7.93. The highest BCUT2D eigenvalue weighted by Gasteiger charge is 2.22. The van der Waals surface area contributed by atoms with E-state index in [0.29, 0.717) is 11.5 Å². The molecule has 2 aromatic heterocycles. The molecule has 6 rings (SSSR count). The number of aromatic nitrogens is 8. The van der Waals surface area contributed by atoms with Crippen LogP contribution in [-0.4, -0.2) is 40.4 Å². The van der Waals surface area contributed by atoms with E-state index >= 15 is 0 Å². The molecule has 0 aliphatic heterocycles. The Morgan fingerprint density at radius 1 is 0.559 bits per heavy atom. The predicted octanol–water partition coefficient (Wildman–Crippen LogP) is 4.29. The van der Waals surface area contributed by atoms with Crippen molar-refractivity contribution >= 4 is 21.5 Å². The first-order valence-electron chi connectivity index (χ1n) is 10.5. The molecule has 0 amide bonds. The molecular weight excluding hydrogens is 432 g/mol. The average Bonchev–Trinajstić information content (AvgIpc) is 3.46. The lowest BCUT2D eigenvalue weighted by atomic mass is 9.92. The fourth-order valence-electron chi connectivity index (χ4n) is 4.00. The van der Waals surface area contributed by atoms with Crippen LogP contribution in [0.2, 0.25) is 0 Å². The van der Waals surface area contributed by atoms with Gasteiger partial charge in [-0.1, -0.05) is 70.9 Å². The molecule has 0 atom stereocenters. The summed E-state index contributed by atoms with van der Waals surface area (Å²) < 4.78 is 15.4. The van der Waals surface area contributed by atoms with E-state index in [0.717, 1.165) is 32.7 Å². The molecule has 0 aliphatic carbocycles. The maximum absolute atomic E-state index is 6.23. The highest BCUT2D eigenvalue weighted by Crippen LogP contribution is 2.47. The molecule has 0 unspecified atom stereocenters. The highest BCUT2D eigenvalue weighted by molar-refractivity contribution is 6.09. The van der Waals surface area contributed by atoms with Crippen molar-refractivity contribution in [3.05, 3.63) is 72.8 Å². The van der Waals surface area contributed by atoms with Crippen molar-refractivity contribution in [2.75, 3.05) is 0 Å². The maximum atomic E-state index is 6.23. The van der Waals surface area contributed by atoms with Gasteiger partial charge in [0.2, 0.25) is 0 Å². The van der Waals surface area contributed by atoms with Crippen LogP contribution in [0.15, 0.2) is 72.8 Å². The number of aryl methyl sites for hydroxylation is 2. The fourth-order valence-corrected chi connectivity index (χ4v) is 4.00. The van der Waals surface area contributed by atoms with Crippen LogP contribution in [0.25, 0.3) is 32.7 Å². The second-order valence-corrected chi connectivity index (χ2v) is 7.69. The molecule has 0 spiro atoms. The van der Waals surface area contributed by atoms with Crippen LogP contribution in [0.3, 0.4) is 0 Å². The van der Waals surface area contributed by atoms with E-state index in [1.807, 2.05) is 48.5 Å². The van der Waals surface area contributed by atoms with Crippen LogP contribution >= 0.6 is 0 Å². The molecule has 2 heterocycles. The summed E-state index contributed by atoms with van der Waals surface area (Å²) in [6.07, 6.45) is 0. The number of tetrazole rings is 2. The number of hydrogen-bond acceptors (Lipinski definition) is 8. The highest BCUT2D eigenvalue weighted by atomic mass is 16.5. The standard InChI is InChI=1S/C24H18N8O2/c1-31-23(25-27-29-31)33-19-13-11-15-7-3-5-9-17(15)21(19)22-18-10-6-4-8-16(18)12-14-20(22)34-24-26-28-30-32(24)2/h3-14H,1-2H3. The van der Waals surface area contributed by atoms with Crippen molar-refractivity contribution in [2.24, 2.45) is 14.1 Å². The van der Waals surface area contributed by atoms with Crippen LogP contribution in [0.4, 0.5) is 0 Å². The third-order valence-electron chi connectivity index (χ3n) is 5.60.